The summed E-state index contributed by atoms with van der Waals surface area (Å²) in [5.41, 5.74) is 10.7. The maximum Gasteiger partial charge on any atom is 0.159 e. The van der Waals surface area contributed by atoms with Gasteiger partial charge in [-0.3, -0.25) is 10.4 Å². The van der Waals surface area contributed by atoms with Crippen LogP contribution >= 0.6 is 0 Å². The second-order valence-electron chi connectivity index (χ2n) is 12.6. The van der Waals surface area contributed by atoms with Gasteiger partial charge in [0.05, 0.1) is 50.7 Å². The van der Waals surface area contributed by atoms with Gasteiger partial charge in [-0.2, -0.15) is 0 Å². The van der Waals surface area contributed by atoms with Gasteiger partial charge in [-0.1, -0.05) is 91.0 Å². The number of aromatic amines is 1. The van der Waals surface area contributed by atoms with Crippen molar-refractivity contribution >= 4 is 60.5 Å². The first-order chi connectivity index (χ1) is 25.2. The van der Waals surface area contributed by atoms with Gasteiger partial charge in [0.1, 0.15) is 5.69 Å². The summed E-state index contributed by atoms with van der Waals surface area (Å²) in [6.07, 6.45) is 3.71. The molecule has 7 nitrogen and oxygen atoms in total. The van der Waals surface area contributed by atoms with E-state index in [0.29, 0.717) is 16.7 Å². The SMILES string of the molecule is N=C(N=c1[nH]c2ccccc2nc1-c1ccccc1)c1ccccc1-n1c2ccccc2c2cc3c4ccccc4n(-c4cccnc4)c3cc21. The van der Waals surface area contributed by atoms with Crippen molar-refractivity contribution in [2.45, 2.75) is 0 Å². The van der Waals surface area contributed by atoms with E-state index in [1.807, 2.05) is 85.1 Å². The monoisotopic (exact) mass is 655 g/mol. The van der Waals surface area contributed by atoms with E-state index in [2.05, 4.69) is 91.9 Å². The van der Waals surface area contributed by atoms with E-state index in [0.717, 1.165) is 60.8 Å². The smallest absolute Gasteiger partial charge is 0.159 e. The number of hydrogen-bond acceptors (Lipinski definition) is 3. The van der Waals surface area contributed by atoms with Gasteiger partial charge in [-0.15, -0.1) is 0 Å². The average Bonchev–Trinajstić information content (AvgIpc) is 3.69. The molecule has 0 unspecified atom stereocenters. The molecule has 0 spiro atoms. The molecule has 240 valence electrons. The van der Waals surface area contributed by atoms with Crippen LogP contribution in [0, 0.1) is 5.41 Å². The molecule has 7 heteroatoms. The molecule has 0 saturated carbocycles. The Morgan fingerprint density at radius 3 is 2.04 bits per heavy atom. The summed E-state index contributed by atoms with van der Waals surface area (Å²) >= 11 is 0. The third-order valence-corrected chi connectivity index (χ3v) is 9.65. The highest BCUT2D eigenvalue weighted by molar-refractivity contribution is 6.19. The molecule has 0 bridgehead atoms. The number of fused-ring (bicyclic) bond motifs is 7. The van der Waals surface area contributed by atoms with E-state index in [9.17, 15) is 5.41 Å². The van der Waals surface area contributed by atoms with Crippen LogP contribution in [0.3, 0.4) is 0 Å². The Morgan fingerprint density at radius 2 is 1.25 bits per heavy atom. The third-order valence-electron chi connectivity index (χ3n) is 9.65. The number of para-hydroxylation sites is 5. The molecule has 51 heavy (non-hydrogen) atoms. The van der Waals surface area contributed by atoms with Crippen molar-refractivity contribution in [1.82, 2.24) is 24.1 Å². The number of amidine groups is 1. The summed E-state index contributed by atoms with van der Waals surface area (Å²) in [6.45, 7) is 0. The van der Waals surface area contributed by atoms with Crippen molar-refractivity contribution in [3.63, 3.8) is 0 Å². The molecule has 6 aromatic carbocycles. The highest BCUT2D eigenvalue weighted by Gasteiger charge is 2.20. The van der Waals surface area contributed by atoms with Crippen molar-refractivity contribution in [3.05, 3.63) is 175 Å². The number of aromatic nitrogens is 5. The Hall–Kier alpha value is -7.12. The van der Waals surface area contributed by atoms with Gasteiger partial charge in [-0.05, 0) is 60.7 Å². The maximum atomic E-state index is 9.51. The van der Waals surface area contributed by atoms with Gasteiger partial charge < -0.3 is 14.1 Å². The Bertz CT molecular complexity index is 3040. The zero-order valence-electron chi connectivity index (χ0n) is 27.3. The van der Waals surface area contributed by atoms with Crippen molar-refractivity contribution in [2.75, 3.05) is 0 Å². The number of hydrogen-bond donors (Lipinski definition) is 2. The largest absolute Gasteiger partial charge is 0.337 e. The zero-order chi connectivity index (χ0) is 33.9. The van der Waals surface area contributed by atoms with Crippen molar-refractivity contribution in [3.8, 4) is 22.6 Å². The van der Waals surface area contributed by atoms with E-state index >= 15 is 0 Å². The van der Waals surface area contributed by atoms with E-state index < -0.39 is 0 Å². The Balaban J connectivity index is 1.24. The van der Waals surface area contributed by atoms with Crippen LogP contribution in [0.25, 0.3) is 77.3 Å². The van der Waals surface area contributed by atoms with Crippen LogP contribution in [0.2, 0.25) is 0 Å². The number of benzene rings is 6. The minimum Gasteiger partial charge on any atom is -0.337 e. The molecule has 2 N–H and O–H groups in total. The lowest BCUT2D eigenvalue weighted by Crippen LogP contribution is -2.17. The molecule has 0 amide bonds. The first kappa shape index (κ1) is 28.9. The van der Waals surface area contributed by atoms with E-state index in [-0.39, 0.29) is 5.84 Å². The predicted octanol–water partition coefficient (Wildman–Crippen LogP) is 9.75. The molecule has 0 atom stereocenters. The molecule has 10 rings (SSSR count). The van der Waals surface area contributed by atoms with Crippen LogP contribution in [-0.4, -0.2) is 29.9 Å². The Labute approximate surface area is 292 Å². The minimum atomic E-state index is 0.132. The molecular formula is C44H29N7. The van der Waals surface area contributed by atoms with E-state index in [1.54, 1.807) is 6.20 Å². The fourth-order valence-electron chi connectivity index (χ4n) is 7.41. The molecule has 0 aliphatic carbocycles. The minimum absolute atomic E-state index is 0.132. The molecule has 0 saturated heterocycles. The van der Waals surface area contributed by atoms with Crippen LogP contribution in [0.4, 0.5) is 0 Å². The summed E-state index contributed by atoms with van der Waals surface area (Å²) in [7, 11) is 0. The lowest BCUT2D eigenvalue weighted by atomic mass is 10.1. The number of rotatable bonds is 4. The lowest BCUT2D eigenvalue weighted by Gasteiger charge is -2.13. The van der Waals surface area contributed by atoms with E-state index in [4.69, 9.17) is 9.98 Å². The molecular weight excluding hydrogens is 627 g/mol. The third kappa shape index (κ3) is 4.60. The molecule has 4 heterocycles. The molecule has 0 fully saturated rings. The van der Waals surface area contributed by atoms with Crippen molar-refractivity contribution < 1.29 is 0 Å². The summed E-state index contributed by atoms with van der Waals surface area (Å²) in [6, 6.07) is 51.7. The number of H-pyrrole nitrogens is 1. The average molecular weight is 656 g/mol. The fraction of sp³-hybridized carbons (Fsp3) is 0. The van der Waals surface area contributed by atoms with Crippen molar-refractivity contribution in [2.24, 2.45) is 4.99 Å². The maximum absolute atomic E-state index is 9.51. The highest BCUT2D eigenvalue weighted by Crippen LogP contribution is 2.40. The van der Waals surface area contributed by atoms with Gasteiger partial charge in [0.2, 0.25) is 0 Å². The van der Waals surface area contributed by atoms with Gasteiger partial charge in [0.25, 0.3) is 0 Å². The molecule has 0 aliphatic heterocycles. The highest BCUT2D eigenvalue weighted by atomic mass is 15.0. The predicted molar refractivity (Wildman–Crippen MR) is 207 cm³/mol. The Morgan fingerprint density at radius 1 is 0.588 bits per heavy atom. The van der Waals surface area contributed by atoms with E-state index in [1.165, 1.54) is 10.8 Å². The zero-order valence-corrected chi connectivity index (χ0v) is 27.3. The van der Waals surface area contributed by atoms with Gasteiger partial charge in [0.15, 0.2) is 11.3 Å². The number of nitrogens with one attached hydrogen (secondary N) is 2. The summed E-state index contributed by atoms with van der Waals surface area (Å²) in [4.78, 5) is 17.9. The number of nitrogens with zero attached hydrogens (tertiary/aromatic N) is 5. The standard InChI is InChI=1S/C44H29N7/c45-43(49-44-42(28-13-2-1-3-14-28)47-35-19-7-8-20-36(35)48-44)32-18-6-11-23-39(32)51-38-22-10-5-17-31(38)34-25-33-30-16-4-9-21-37(30)50(40(33)26-41(34)51)29-15-12-24-46-27-29/h1-27H,(H2,45,48,49). The topological polar surface area (TPSA) is 87.6 Å². The summed E-state index contributed by atoms with van der Waals surface area (Å²) < 4.78 is 4.56. The van der Waals surface area contributed by atoms with Crippen LogP contribution in [-0.2, 0) is 0 Å². The van der Waals surface area contributed by atoms with Crippen LogP contribution in [0.5, 0.6) is 0 Å². The molecule has 0 aliphatic rings. The van der Waals surface area contributed by atoms with Crippen molar-refractivity contribution in [1.29, 1.82) is 5.41 Å². The normalized spacial score (nSPS) is 12.1. The van der Waals surface area contributed by atoms with Gasteiger partial charge in [0, 0.05) is 38.9 Å². The van der Waals surface area contributed by atoms with Crippen LogP contribution < -0.4 is 5.49 Å². The lowest BCUT2D eigenvalue weighted by molar-refractivity contribution is 1.13. The molecule has 0 radical (unpaired) electrons. The molecule has 10 aromatic rings. The summed E-state index contributed by atoms with van der Waals surface area (Å²) in [5, 5.41) is 14.2. The second-order valence-corrected chi connectivity index (χ2v) is 12.6. The summed E-state index contributed by atoms with van der Waals surface area (Å²) in [5.74, 6) is 0.132. The second kappa shape index (κ2) is 11.5. The first-order valence-electron chi connectivity index (χ1n) is 16.9. The van der Waals surface area contributed by atoms with Gasteiger partial charge in [-0.25, -0.2) is 9.98 Å². The Kier molecular flexibility index (Phi) is 6.50. The number of pyridine rings is 1. The van der Waals surface area contributed by atoms with Crippen LogP contribution in [0.1, 0.15) is 5.56 Å². The molecule has 4 aromatic heterocycles. The fourth-order valence-corrected chi connectivity index (χ4v) is 7.41. The quantitative estimate of drug-likeness (QED) is 0.146. The van der Waals surface area contributed by atoms with Crippen LogP contribution in [0.15, 0.2) is 169 Å². The van der Waals surface area contributed by atoms with Gasteiger partial charge >= 0.3 is 0 Å². The first-order valence-corrected chi connectivity index (χ1v) is 16.9.